The Morgan fingerprint density at radius 2 is 1.09 bits per heavy atom. The summed E-state index contributed by atoms with van der Waals surface area (Å²) in [5.41, 5.74) is 6.80. The second-order valence-corrected chi connectivity index (χ2v) is 8.58. The molecule has 0 atom stereocenters. The molecule has 33 heavy (non-hydrogen) atoms. The van der Waals surface area contributed by atoms with E-state index in [0.29, 0.717) is 0 Å². The summed E-state index contributed by atoms with van der Waals surface area (Å²) in [6.45, 7) is 4.34. The van der Waals surface area contributed by atoms with E-state index in [2.05, 4.69) is 122 Å². The molecule has 0 N–H and O–H groups in total. The van der Waals surface area contributed by atoms with E-state index in [1.54, 1.807) is 0 Å². The molecule has 4 aromatic carbocycles. The topological polar surface area (TPSA) is 0 Å². The minimum absolute atomic E-state index is 1.03. The van der Waals surface area contributed by atoms with Crippen molar-refractivity contribution in [2.45, 2.75) is 46.0 Å². The van der Waals surface area contributed by atoms with Gasteiger partial charge < -0.3 is 0 Å². The monoisotopic (exact) mass is 426 g/mol. The maximum Gasteiger partial charge on any atom is 0.0328 e. The van der Waals surface area contributed by atoms with Crippen LogP contribution in [-0.4, -0.2) is 0 Å². The van der Waals surface area contributed by atoms with Crippen LogP contribution in [0.25, 0.3) is 10.8 Å². The van der Waals surface area contributed by atoms with Gasteiger partial charge in [0.1, 0.15) is 0 Å². The number of unbranched alkanes of at least 4 members (excludes halogenated alkanes) is 3. The number of rotatable bonds is 5. The molecule has 0 fully saturated rings. The lowest BCUT2D eigenvalue weighted by Gasteiger charge is -2.04. The molecule has 0 spiro atoms. The normalized spacial score (nSPS) is 10.2. The number of benzene rings is 4. The van der Waals surface area contributed by atoms with Crippen LogP contribution in [0.2, 0.25) is 0 Å². The van der Waals surface area contributed by atoms with Crippen LogP contribution in [0.1, 0.15) is 66.0 Å². The van der Waals surface area contributed by atoms with Gasteiger partial charge in [0.05, 0.1) is 0 Å². The first kappa shape index (κ1) is 22.5. The van der Waals surface area contributed by atoms with E-state index >= 15 is 0 Å². The van der Waals surface area contributed by atoms with Gasteiger partial charge in [-0.15, -0.1) is 0 Å². The Labute approximate surface area is 198 Å². The van der Waals surface area contributed by atoms with Gasteiger partial charge in [0.25, 0.3) is 0 Å². The average molecular weight is 427 g/mol. The summed E-state index contributed by atoms with van der Waals surface area (Å²) in [6.07, 6.45) is 6.35. The van der Waals surface area contributed by atoms with Crippen LogP contribution < -0.4 is 0 Å². The lowest BCUT2D eigenvalue weighted by molar-refractivity contribution is 0.667. The van der Waals surface area contributed by atoms with E-state index in [-0.39, 0.29) is 0 Å². The number of aryl methyl sites for hydroxylation is 2. The number of hydrogen-bond acceptors (Lipinski definition) is 0. The molecule has 0 aliphatic rings. The zero-order valence-corrected chi connectivity index (χ0v) is 19.6. The summed E-state index contributed by atoms with van der Waals surface area (Å²) in [5.74, 6) is 13.4. The van der Waals surface area contributed by atoms with Crippen molar-refractivity contribution in [2.24, 2.45) is 0 Å². The summed E-state index contributed by atoms with van der Waals surface area (Å²) < 4.78 is 0. The van der Waals surface area contributed by atoms with Gasteiger partial charge >= 0.3 is 0 Å². The third-order valence-corrected chi connectivity index (χ3v) is 5.93. The molecule has 4 rings (SSSR count). The van der Waals surface area contributed by atoms with E-state index in [9.17, 15) is 0 Å². The van der Waals surface area contributed by atoms with Crippen molar-refractivity contribution in [3.8, 4) is 23.7 Å². The van der Waals surface area contributed by atoms with E-state index in [1.807, 2.05) is 0 Å². The highest BCUT2D eigenvalue weighted by atomic mass is 14.1. The predicted octanol–water partition coefficient (Wildman–Crippen LogP) is 8.07. The van der Waals surface area contributed by atoms with Crippen LogP contribution in [0.3, 0.4) is 0 Å². The third kappa shape index (κ3) is 6.16. The number of fused-ring (bicyclic) bond motifs is 1. The molecule has 0 aliphatic carbocycles. The van der Waals surface area contributed by atoms with Crippen molar-refractivity contribution in [1.82, 2.24) is 0 Å². The molecule has 0 aromatic heterocycles. The Morgan fingerprint density at radius 1 is 0.545 bits per heavy atom. The second-order valence-electron chi connectivity index (χ2n) is 8.58. The Kier molecular flexibility index (Phi) is 7.64. The molecule has 0 unspecified atom stereocenters. The Hall–Kier alpha value is -3.74. The minimum atomic E-state index is 1.03. The largest absolute Gasteiger partial charge is 0.0654 e. The van der Waals surface area contributed by atoms with Gasteiger partial charge in [0.2, 0.25) is 0 Å². The van der Waals surface area contributed by atoms with Crippen LogP contribution in [0, 0.1) is 30.6 Å². The lowest BCUT2D eigenvalue weighted by Crippen LogP contribution is -1.87. The predicted molar refractivity (Wildman–Crippen MR) is 141 cm³/mol. The molecular formula is C33H30. The van der Waals surface area contributed by atoms with Crippen molar-refractivity contribution in [2.75, 3.05) is 0 Å². The molecule has 4 aromatic rings. The zero-order chi connectivity index (χ0) is 22.9. The Bertz CT molecular complexity index is 1330. The van der Waals surface area contributed by atoms with Crippen molar-refractivity contribution >= 4 is 10.8 Å². The van der Waals surface area contributed by atoms with Crippen molar-refractivity contribution < 1.29 is 0 Å². The fourth-order valence-corrected chi connectivity index (χ4v) is 3.94. The van der Waals surface area contributed by atoms with Gasteiger partial charge in [-0.2, -0.15) is 0 Å². The highest BCUT2D eigenvalue weighted by Crippen LogP contribution is 2.22. The van der Waals surface area contributed by atoms with Crippen LogP contribution in [0.4, 0.5) is 0 Å². The van der Waals surface area contributed by atoms with E-state index in [0.717, 1.165) is 39.4 Å². The summed E-state index contributed by atoms with van der Waals surface area (Å²) in [4.78, 5) is 0. The Balaban J connectivity index is 1.55. The molecule has 0 amide bonds. The smallest absolute Gasteiger partial charge is 0.0328 e. The molecule has 0 heterocycles. The summed E-state index contributed by atoms with van der Waals surface area (Å²) in [7, 11) is 0. The lowest BCUT2D eigenvalue weighted by atomic mass is 9.99. The highest BCUT2D eigenvalue weighted by molar-refractivity contribution is 5.93. The van der Waals surface area contributed by atoms with Crippen LogP contribution in [-0.2, 0) is 6.42 Å². The molecule has 0 radical (unpaired) electrons. The molecule has 0 bridgehead atoms. The van der Waals surface area contributed by atoms with Crippen LogP contribution >= 0.6 is 0 Å². The first-order valence-corrected chi connectivity index (χ1v) is 11.9. The van der Waals surface area contributed by atoms with Crippen molar-refractivity contribution in [1.29, 1.82) is 0 Å². The number of hydrogen-bond donors (Lipinski definition) is 0. The molecule has 162 valence electrons. The van der Waals surface area contributed by atoms with Crippen LogP contribution in [0.15, 0.2) is 84.9 Å². The fraction of sp³-hybridized carbons (Fsp3) is 0.212. The average Bonchev–Trinajstić information content (AvgIpc) is 2.86. The van der Waals surface area contributed by atoms with Crippen LogP contribution in [0.5, 0.6) is 0 Å². The van der Waals surface area contributed by atoms with Gasteiger partial charge in [0.15, 0.2) is 0 Å². The third-order valence-electron chi connectivity index (χ3n) is 5.93. The maximum atomic E-state index is 3.39. The van der Waals surface area contributed by atoms with E-state index in [1.165, 1.54) is 36.8 Å². The highest BCUT2D eigenvalue weighted by Gasteiger charge is 2.03. The Morgan fingerprint density at radius 3 is 1.64 bits per heavy atom. The zero-order valence-electron chi connectivity index (χ0n) is 19.6. The second kappa shape index (κ2) is 11.2. The molecular weight excluding hydrogens is 396 g/mol. The first-order valence-electron chi connectivity index (χ1n) is 11.9. The van der Waals surface area contributed by atoms with E-state index in [4.69, 9.17) is 0 Å². The van der Waals surface area contributed by atoms with Gasteiger partial charge in [-0.3, -0.25) is 0 Å². The molecule has 0 heteroatoms. The van der Waals surface area contributed by atoms with Gasteiger partial charge in [-0.05, 0) is 72.5 Å². The first-order chi connectivity index (χ1) is 16.2. The SMILES string of the molecule is CCCCCCc1ccc(C#Cc2ccc(C#Cc3ccc(C)cc3)c3ccccc23)cc1. The van der Waals surface area contributed by atoms with Crippen molar-refractivity contribution in [3.05, 3.63) is 118 Å². The summed E-state index contributed by atoms with van der Waals surface area (Å²) in [6, 6.07) is 29.6. The van der Waals surface area contributed by atoms with Gasteiger partial charge in [0, 0.05) is 22.3 Å². The van der Waals surface area contributed by atoms with E-state index < -0.39 is 0 Å². The summed E-state index contributed by atoms with van der Waals surface area (Å²) >= 11 is 0. The summed E-state index contributed by atoms with van der Waals surface area (Å²) in [5, 5.41) is 2.29. The molecule has 0 saturated carbocycles. The fourth-order valence-electron chi connectivity index (χ4n) is 3.94. The van der Waals surface area contributed by atoms with Gasteiger partial charge in [-0.25, -0.2) is 0 Å². The molecule has 0 saturated heterocycles. The quantitative estimate of drug-likeness (QED) is 0.223. The molecule has 0 aliphatic heterocycles. The molecule has 0 nitrogen and oxygen atoms in total. The maximum absolute atomic E-state index is 3.39. The minimum Gasteiger partial charge on any atom is -0.0654 e. The van der Waals surface area contributed by atoms with Crippen molar-refractivity contribution in [3.63, 3.8) is 0 Å². The standard InChI is InChI=1S/C33H30/c1-3-4-5-6-9-27-16-18-29(19-17-27)21-23-31-25-24-30(32-10-7-8-11-33(31)32)22-20-28-14-12-26(2)13-15-28/h7-8,10-19,24-25H,3-6,9H2,1-2H3. The van der Waals surface area contributed by atoms with Gasteiger partial charge in [-0.1, -0.05) is 104 Å².